The highest BCUT2D eigenvalue weighted by atomic mass is 16.1. The zero-order valence-corrected chi connectivity index (χ0v) is 7.92. The molecule has 12 heavy (non-hydrogen) atoms. The third-order valence-electron chi connectivity index (χ3n) is 2.52. The summed E-state index contributed by atoms with van der Waals surface area (Å²) in [6, 6.07) is 0.944. The van der Waals surface area contributed by atoms with Crippen molar-refractivity contribution < 1.29 is 4.79 Å². The fourth-order valence-electron chi connectivity index (χ4n) is 1.99. The van der Waals surface area contributed by atoms with E-state index in [1.165, 1.54) is 6.42 Å². The lowest BCUT2D eigenvalue weighted by Crippen LogP contribution is -2.37. The van der Waals surface area contributed by atoms with E-state index in [0.717, 1.165) is 13.0 Å². The van der Waals surface area contributed by atoms with E-state index in [1.807, 2.05) is 0 Å². The van der Waals surface area contributed by atoms with Crippen LogP contribution >= 0.6 is 0 Å². The molecule has 0 bridgehead atoms. The fraction of sp³-hybridized carbons (Fsp3) is 0.889. The molecule has 1 fully saturated rings. The molecule has 1 saturated heterocycles. The summed E-state index contributed by atoms with van der Waals surface area (Å²) >= 11 is 0. The maximum atomic E-state index is 10.7. The van der Waals surface area contributed by atoms with Crippen molar-refractivity contribution in [3.05, 3.63) is 0 Å². The second kappa shape index (κ2) is 3.90. The lowest BCUT2D eigenvalue weighted by atomic mass is 10.1. The van der Waals surface area contributed by atoms with E-state index in [2.05, 4.69) is 18.7 Å². The Labute approximate surface area is 73.9 Å². The van der Waals surface area contributed by atoms with Crippen LogP contribution in [0.25, 0.3) is 0 Å². The largest absolute Gasteiger partial charge is 0.370 e. The Hall–Kier alpha value is -0.570. The Kier molecular flexibility index (Phi) is 3.09. The number of carbonyl (C=O) groups excluding carboxylic acids is 1. The average Bonchev–Trinajstić information content (AvgIpc) is 2.33. The van der Waals surface area contributed by atoms with Gasteiger partial charge in [-0.25, -0.2) is 0 Å². The van der Waals surface area contributed by atoms with Crippen molar-refractivity contribution in [2.24, 2.45) is 5.73 Å². The van der Waals surface area contributed by atoms with Gasteiger partial charge in [0.15, 0.2) is 0 Å². The molecule has 0 aromatic heterocycles. The predicted octanol–water partition coefficient (Wildman–Crippen LogP) is 0.735. The fourth-order valence-corrected chi connectivity index (χ4v) is 1.99. The lowest BCUT2D eigenvalue weighted by molar-refractivity contribution is -0.119. The van der Waals surface area contributed by atoms with Crippen LogP contribution in [0, 0.1) is 0 Å². The van der Waals surface area contributed by atoms with Crippen LogP contribution in [0.3, 0.4) is 0 Å². The normalized spacial score (nSPS) is 25.1. The molecule has 1 atom stereocenters. The minimum Gasteiger partial charge on any atom is -0.370 e. The Morgan fingerprint density at radius 3 is 2.83 bits per heavy atom. The van der Waals surface area contributed by atoms with E-state index in [4.69, 9.17) is 5.73 Å². The van der Waals surface area contributed by atoms with Crippen molar-refractivity contribution in [3.63, 3.8) is 0 Å². The molecule has 0 spiro atoms. The van der Waals surface area contributed by atoms with Gasteiger partial charge < -0.3 is 5.73 Å². The minimum absolute atomic E-state index is 0.174. The van der Waals surface area contributed by atoms with Gasteiger partial charge in [-0.2, -0.15) is 0 Å². The van der Waals surface area contributed by atoms with Crippen molar-refractivity contribution in [1.29, 1.82) is 0 Å². The summed E-state index contributed by atoms with van der Waals surface area (Å²) < 4.78 is 0. The van der Waals surface area contributed by atoms with Crippen LogP contribution < -0.4 is 5.73 Å². The van der Waals surface area contributed by atoms with Crippen LogP contribution in [0.1, 0.15) is 33.1 Å². The smallest absolute Gasteiger partial charge is 0.218 e. The van der Waals surface area contributed by atoms with E-state index in [1.54, 1.807) is 0 Å². The second-order valence-electron chi connectivity index (χ2n) is 3.80. The van der Waals surface area contributed by atoms with E-state index in [-0.39, 0.29) is 5.91 Å². The first-order valence-corrected chi connectivity index (χ1v) is 4.65. The monoisotopic (exact) mass is 170 g/mol. The number of hydrogen-bond donors (Lipinski definition) is 1. The summed E-state index contributed by atoms with van der Waals surface area (Å²) in [6.45, 7) is 5.45. The van der Waals surface area contributed by atoms with Crippen molar-refractivity contribution in [3.8, 4) is 0 Å². The molecule has 1 amide bonds. The highest BCUT2D eigenvalue weighted by molar-refractivity contribution is 5.74. The van der Waals surface area contributed by atoms with Gasteiger partial charge in [0.2, 0.25) is 5.91 Å². The number of primary amides is 1. The van der Waals surface area contributed by atoms with Gasteiger partial charge in [-0.15, -0.1) is 0 Å². The van der Waals surface area contributed by atoms with Crippen LogP contribution in [0.4, 0.5) is 0 Å². The van der Waals surface area contributed by atoms with Gasteiger partial charge in [0.1, 0.15) is 0 Å². The second-order valence-corrected chi connectivity index (χ2v) is 3.80. The number of nitrogens with zero attached hydrogens (tertiary/aromatic N) is 1. The Bertz CT molecular complexity index is 168. The summed E-state index contributed by atoms with van der Waals surface area (Å²) in [6.07, 6.45) is 2.86. The maximum Gasteiger partial charge on any atom is 0.218 e. The third-order valence-corrected chi connectivity index (χ3v) is 2.52. The summed E-state index contributed by atoms with van der Waals surface area (Å²) in [5, 5.41) is 0. The average molecular weight is 170 g/mol. The number of likely N-dealkylation sites (tertiary alicyclic amines) is 1. The number of rotatable bonds is 3. The van der Waals surface area contributed by atoms with Crippen molar-refractivity contribution >= 4 is 5.91 Å². The molecule has 0 radical (unpaired) electrons. The lowest BCUT2D eigenvalue weighted by Gasteiger charge is -2.27. The van der Waals surface area contributed by atoms with Crippen LogP contribution in [0.15, 0.2) is 0 Å². The molecule has 1 heterocycles. The Morgan fingerprint density at radius 2 is 2.33 bits per heavy atom. The molecular formula is C9H18N2O. The van der Waals surface area contributed by atoms with Gasteiger partial charge in [-0.1, -0.05) is 0 Å². The molecule has 1 rings (SSSR count). The molecule has 0 unspecified atom stereocenters. The molecule has 0 aromatic carbocycles. The summed E-state index contributed by atoms with van der Waals surface area (Å²) in [5.74, 6) is -0.174. The van der Waals surface area contributed by atoms with Crippen LogP contribution in [0.2, 0.25) is 0 Å². The van der Waals surface area contributed by atoms with Gasteiger partial charge in [0, 0.05) is 18.5 Å². The van der Waals surface area contributed by atoms with Gasteiger partial charge in [0.05, 0.1) is 0 Å². The highest BCUT2D eigenvalue weighted by Gasteiger charge is 2.27. The summed E-state index contributed by atoms with van der Waals surface area (Å²) in [5.41, 5.74) is 5.17. The van der Waals surface area contributed by atoms with Gasteiger partial charge in [-0.3, -0.25) is 9.69 Å². The zero-order chi connectivity index (χ0) is 9.14. The molecule has 1 aliphatic heterocycles. The molecule has 70 valence electrons. The summed E-state index contributed by atoms with van der Waals surface area (Å²) in [4.78, 5) is 13.1. The third kappa shape index (κ3) is 2.21. The number of carbonyl (C=O) groups is 1. The predicted molar refractivity (Wildman–Crippen MR) is 48.7 cm³/mol. The molecular weight excluding hydrogens is 152 g/mol. The first kappa shape index (κ1) is 9.52. The van der Waals surface area contributed by atoms with Crippen LogP contribution in [0.5, 0.6) is 0 Å². The first-order valence-electron chi connectivity index (χ1n) is 4.65. The Morgan fingerprint density at radius 1 is 1.67 bits per heavy atom. The van der Waals surface area contributed by atoms with Gasteiger partial charge in [-0.05, 0) is 33.2 Å². The SMILES string of the molecule is CC(C)N1CCC[C@H]1CC(N)=O. The molecule has 0 aliphatic carbocycles. The molecule has 0 saturated carbocycles. The highest BCUT2D eigenvalue weighted by Crippen LogP contribution is 2.21. The molecule has 0 aromatic rings. The van der Waals surface area contributed by atoms with E-state index in [0.29, 0.717) is 18.5 Å². The first-order chi connectivity index (χ1) is 5.61. The quantitative estimate of drug-likeness (QED) is 0.679. The number of hydrogen-bond acceptors (Lipinski definition) is 2. The van der Waals surface area contributed by atoms with Crippen molar-refractivity contribution in [2.45, 2.75) is 45.2 Å². The molecule has 3 heteroatoms. The van der Waals surface area contributed by atoms with Gasteiger partial charge in [0.25, 0.3) is 0 Å². The summed E-state index contributed by atoms with van der Waals surface area (Å²) in [7, 11) is 0. The van der Waals surface area contributed by atoms with Crippen molar-refractivity contribution in [2.75, 3.05) is 6.54 Å². The van der Waals surface area contributed by atoms with Crippen LogP contribution in [-0.4, -0.2) is 29.4 Å². The van der Waals surface area contributed by atoms with E-state index < -0.39 is 0 Å². The van der Waals surface area contributed by atoms with Gasteiger partial charge >= 0.3 is 0 Å². The minimum atomic E-state index is -0.174. The molecule has 3 nitrogen and oxygen atoms in total. The van der Waals surface area contributed by atoms with E-state index in [9.17, 15) is 4.79 Å². The number of nitrogens with two attached hydrogens (primary N) is 1. The van der Waals surface area contributed by atoms with Crippen LogP contribution in [-0.2, 0) is 4.79 Å². The standard InChI is InChI=1S/C9H18N2O/c1-7(2)11-5-3-4-8(11)6-9(10)12/h7-8H,3-6H2,1-2H3,(H2,10,12)/t8-/m0/s1. The Balaban J connectivity index is 2.46. The topological polar surface area (TPSA) is 46.3 Å². The zero-order valence-electron chi connectivity index (χ0n) is 7.92. The maximum absolute atomic E-state index is 10.7. The van der Waals surface area contributed by atoms with E-state index >= 15 is 0 Å². The molecule has 2 N–H and O–H groups in total. The molecule has 1 aliphatic rings. The number of amides is 1. The van der Waals surface area contributed by atoms with Crippen molar-refractivity contribution in [1.82, 2.24) is 4.90 Å².